The molecule has 24 heavy (non-hydrogen) atoms. The maximum atomic E-state index is 12.6. The first kappa shape index (κ1) is 15.9. The van der Waals surface area contributed by atoms with Crippen LogP contribution in [0.4, 0.5) is 5.69 Å². The molecule has 1 aromatic carbocycles. The van der Waals surface area contributed by atoms with Crippen LogP contribution in [0.15, 0.2) is 52.5 Å². The zero-order chi connectivity index (χ0) is 16.9. The molecule has 122 valence electrons. The minimum absolute atomic E-state index is 0.109. The molecule has 0 spiro atoms. The zero-order valence-corrected chi connectivity index (χ0v) is 13.6. The van der Waals surface area contributed by atoms with Gasteiger partial charge < -0.3 is 14.2 Å². The predicted molar refractivity (Wildman–Crippen MR) is 92.3 cm³/mol. The van der Waals surface area contributed by atoms with E-state index in [-0.39, 0.29) is 11.5 Å². The summed E-state index contributed by atoms with van der Waals surface area (Å²) in [5, 5.41) is 9.31. The van der Waals surface area contributed by atoms with Crippen LogP contribution in [0.25, 0.3) is 6.08 Å². The van der Waals surface area contributed by atoms with Crippen molar-refractivity contribution in [3.63, 3.8) is 0 Å². The molecule has 1 aliphatic heterocycles. The number of nitrogens with zero attached hydrogens (tertiary/aromatic N) is 3. The fourth-order valence-electron chi connectivity index (χ4n) is 2.79. The van der Waals surface area contributed by atoms with Gasteiger partial charge in [-0.3, -0.25) is 4.79 Å². The van der Waals surface area contributed by atoms with E-state index in [9.17, 15) is 10.1 Å². The first-order valence-electron chi connectivity index (χ1n) is 7.95. The third-order valence-corrected chi connectivity index (χ3v) is 4.09. The number of carbonyl (C=O) groups excluding carboxylic acids is 1. The highest BCUT2D eigenvalue weighted by Crippen LogP contribution is 2.17. The summed E-state index contributed by atoms with van der Waals surface area (Å²) in [5.74, 6) is 1.04. The van der Waals surface area contributed by atoms with Crippen molar-refractivity contribution < 1.29 is 9.21 Å². The van der Waals surface area contributed by atoms with Gasteiger partial charge in [0, 0.05) is 37.9 Å². The minimum atomic E-state index is -0.237. The van der Waals surface area contributed by atoms with E-state index in [1.54, 1.807) is 11.0 Å². The van der Waals surface area contributed by atoms with E-state index in [1.807, 2.05) is 37.3 Å². The number of amides is 1. The van der Waals surface area contributed by atoms with Crippen molar-refractivity contribution in [2.75, 3.05) is 31.1 Å². The average molecular weight is 321 g/mol. The lowest BCUT2D eigenvalue weighted by atomic mass is 10.2. The summed E-state index contributed by atoms with van der Waals surface area (Å²) in [7, 11) is 0. The highest BCUT2D eigenvalue weighted by Gasteiger charge is 2.24. The third-order valence-electron chi connectivity index (χ3n) is 4.09. The van der Waals surface area contributed by atoms with E-state index in [2.05, 4.69) is 17.0 Å². The Labute approximate surface area is 141 Å². The maximum absolute atomic E-state index is 12.6. The van der Waals surface area contributed by atoms with Crippen molar-refractivity contribution in [1.29, 1.82) is 5.26 Å². The van der Waals surface area contributed by atoms with Gasteiger partial charge in [-0.25, -0.2) is 0 Å². The topological polar surface area (TPSA) is 60.5 Å². The maximum Gasteiger partial charge on any atom is 0.264 e. The van der Waals surface area contributed by atoms with Gasteiger partial charge in [0.15, 0.2) is 0 Å². The lowest BCUT2D eigenvalue weighted by Crippen LogP contribution is -2.49. The fraction of sp³-hybridized carbons (Fsp3) is 0.263. The van der Waals surface area contributed by atoms with Crippen LogP contribution in [0, 0.1) is 18.3 Å². The molecule has 0 N–H and O–H groups in total. The van der Waals surface area contributed by atoms with Gasteiger partial charge in [0.1, 0.15) is 23.2 Å². The van der Waals surface area contributed by atoms with Gasteiger partial charge >= 0.3 is 0 Å². The number of anilines is 1. The largest absolute Gasteiger partial charge is 0.462 e. The Hall–Kier alpha value is -3.00. The molecular formula is C19H19N3O2. The standard InChI is InChI=1S/C19H19N3O2/c1-15-7-8-18(24-15)13-16(14-20)19(23)22-11-9-21(10-12-22)17-5-3-2-4-6-17/h2-8,13H,9-12H2,1H3/b16-13-. The molecule has 0 unspecified atom stereocenters. The van der Waals surface area contributed by atoms with Gasteiger partial charge in [-0.15, -0.1) is 0 Å². The number of hydrogen-bond acceptors (Lipinski definition) is 4. The van der Waals surface area contributed by atoms with Gasteiger partial charge in [0.2, 0.25) is 0 Å². The molecule has 0 atom stereocenters. The average Bonchev–Trinajstić information content (AvgIpc) is 3.05. The van der Waals surface area contributed by atoms with Crippen LogP contribution in [0.1, 0.15) is 11.5 Å². The molecular weight excluding hydrogens is 302 g/mol. The van der Waals surface area contributed by atoms with Crippen LogP contribution in [0.2, 0.25) is 0 Å². The van der Waals surface area contributed by atoms with Crippen molar-refractivity contribution in [1.82, 2.24) is 4.90 Å². The molecule has 0 radical (unpaired) electrons. The molecule has 1 fully saturated rings. The lowest BCUT2D eigenvalue weighted by molar-refractivity contribution is -0.126. The number of para-hydroxylation sites is 1. The summed E-state index contributed by atoms with van der Waals surface area (Å²) in [6.07, 6.45) is 1.51. The molecule has 1 saturated heterocycles. The summed E-state index contributed by atoms with van der Waals surface area (Å²) in [6.45, 7) is 4.55. The fourth-order valence-corrected chi connectivity index (χ4v) is 2.79. The summed E-state index contributed by atoms with van der Waals surface area (Å²) in [6, 6.07) is 15.7. The lowest BCUT2D eigenvalue weighted by Gasteiger charge is -2.36. The van der Waals surface area contributed by atoms with Gasteiger partial charge in [-0.05, 0) is 31.2 Å². The number of hydrogen-bond donors (Lipinski definition) is 0. The summed E-state index contributed by atoms with van der Waals surface area (Å²) >= 11 is 0. The first-order chi connectivity index (χ1) is 11.7. The Bertz CT molecular complexity index is 778. The second-order valence-electron chi connectivity index (χ2n) is 5.73. The van der Waals surface area contributed by atoms with Crippen LogP contribution < -0.4 is 4.90 Å². The zero-order valence-electron chi connectivity index (χ0n) is 13.6. The van der Waals surface area contributed by atoms with E-state index in [4.69, 9.17) is 4.42 Å². The molecule has 1 aliphatic rings. The Morgan fingerprint density at radius 1 is 1.12 bits per heavy atom. The molecule has 2 heterocycles. The number of piperazine rings is 1. The summed E-state index contributed by atoms with van der Waals surface area (Å²) in [4.78, 5) is 16.5. The smallest absolute Gasteiger partial charge is 0.264 e. The normalized spacial score (nSPS) is 15.2. The molecule has 0 bridgehead atoms. The number of aryl methyl sites for hydroxylation is 1. The third kappa shape index (κ3) is 3.49. The van der Waals surface area contributed by atoms with Crippen molar-refractivity contribution in [2.24, 2.45) is 0 Å². The molecule has 0 saturated carbocycles. The summed E-state index contributed by atoms with van der Waals surface area (Å²) in [5.41, 5.74) is 1.27. The molecule has 2 aromatic rings. The van der Waals surface area contributed by atoms with Crippen LogP contribution in [-0.2, 0) is 4.79 Å². The van der Waals surface area contributed by atoms with Crippen molar-refractivity contribution >= 4 is 17.7 Å². The number of rotatable bonds is 3. The van der Waals surface area contributed by atoms with E-state index in [1.165, 1.54) is 6.08 Å². The monoisotopic (exact) mass is 321 g/mol. The Morgan fingerprint density at radius 2 is 1.83 bits per heavy atom. The van der Waals surface area contributed by atoms with Crippen LogP contribution >= 0.6 is 0 Å². The van der Waals surface area contributed by atoms with E-state index in [0.29, 0.717) is 18.8 Å². The Morgan fingerprint density at radius 3 is 2.42 bits per heavy atom. The number of nitriles is 1. The van der Waals surface area contributed by atoms with E-state index < -0.39 is 0 Å². The van der Waals surface area contributed by atoms with Crippen LogP contribution in [-0.4, -0.2) is 37.0 Å². The SMILES string of the molecule is Cc1ccc(/C=C(/C#N)C(=O)N2CCN(c3ccccc3)CC2)o1. The van der Waals surface area contributed by atoms with Crippen molar-refractivity contribution in [3.8, 4) is 6.07 Å². The second kappa shape index (κ2) is 7.05. The number of furan rings is 1. The van der Waals surface area contributed by atoms with E-state index in [0.717, 1.165) is 24.5 Å². The highest BCUT2D eigenvalue weighted by atomic mass is 16.3. The predicted octanol–water partition coefficient (Wildman–Crippen LogP) is 2.84. The number of benzene rings is 1. The number of carbonyl (C=O) groups is 1. The van der Waals surface area contributed by atoms with Gasteiger partial charge in [-0.1, -0.05) is 18.2 Å². The van der Waals surface area contributed by atoms with Crippen LogP contribution in [0.3, 0.4) is 0 Å². The summed E-state index contributed by atoms with van der Waals surface area (Å²) < 4.78 is 5.42. The van der Waals surface area contributed by atoms with E-state index >= 15 is 0 Å². The highest BCUT2D eigenvalue weighted by molar-refractivity contribution is 6.01. The Kier molecular flexibility index (Phi) is 4.66. The molecule has 5 nitrogen and oxygen atoms in total. The minimum Gasteiger partial charge on any atom is -0.462 e. The Balaban J connectivity index is 1.66. The molecule has 0 aliphatic carbocycles. The van der Waals surface area contributed by atoms with Gasteiger partial charge in [-0.2, -0.15) is 5.26 Å². The molecule has 1 aromatic heterocycles. The van der Waals surface area contributed by atoms with Gasteiger partial charge in [0.25, 0.3) is 5.91 Å². The molecule has 1 amide bonds. The quantitative estimate of drug-likeness (QED) is 0.644. The van der Waals surface area contributed by atoms with Crippen molar-refractivity contribution in [2.45, 2.75) is 6.92 Å². The van der Waals surface area contributed by atoms with Gasteiger partial charge in [0.05, 0.1) is 0 Å². The van der Waals surface area contributed by atoms with Crippen LogP contribution in [0.5, 0.6) is 0 Å². The molecule has 3 rings (SSSR count). The first-order valence-corrected chi connectivity index (χ1v) is 7.95. The molecule has 5 heteroatoms. The van der Waals surface area contributed by atoms with Crippen molar-refractivity contribution in [3.05, 3.63) is 59.6 Å². The second-order valence-corrected chi connectivity index (χ2v) is 5.73.